The molecular formula is C37H56N2O4. The first-order chi connectivity index (χ1) is 20.1. The van der Waals surface area contributed by atoms with Crippen molar-refractivity contribution >= 4 is 12.1 Å². The Hall–Kier alpha value is -2.11. The molecule has 43 heavy (non-hydrogen) atoms. The van der Waals surface area contributed by atoms with Crippen molar-refractivity contribution in [3.8, 4) is 0 Å². The summed E-state index contributed by atoms with van der Waals surface area (Å²) < 4.78 is 13.6. The number of hydrogen-bond acceptors (Lipinski definition) is 5. The molecule has 0 amide bonds. The molecule has 0 radical (unpaired) electrons. The van der Waals surface area contributed by atoms with Gasteiger partial charge in [0, 0.05) is 30.1 Å². The van der Waals surface area contributed by atoms with E-state index in [-0.39, 0.29) is 45.2 Å². The zero-order valence-electron chi connectivity index (χ0n) is 28.1. The lowest BCUT2D eigenvalue weighted by Crippen LogP contribution is -2.67. The average molecular weight is 593 g/mol. The molecule has 5 saturated carbocycles. The largest absolute Gasteiger partial charge is 0.462 e. The quantitative estimate of drug-likeness (QED) is 0.258. The Labute approximate surface area is 259 Å². The summed E-state index contributed by atoms with van der Waals surface area (Å²) in [7, 11) is 0. The maximum atomic E-state index is 13.1. The number of hydrogen-bond donors (Lipinski definition) is 0. The highest BCUT2D eigenvalue weighted by atomic mass is 16.6. The summed E-state index contributed by atoms with van der Waals surface area (Å²) in [5, 5.41) is 0. The lowest BCUT2D eigenvalue weighted by Gasteiger charge is -2.73. The van der Waals surface area contributed by atoms with Crippen molar-refractivity contribution < 1.29 is 19.1 Å². The van der Waals surface area contributed by atoms with Crippen LogP contribution in [0.5, 0.6) is 0 Å². The molecule has 6 rings (SSSR count). The zero-order chi connectivity index (χ0) is 31.2. The summed E-state index contributed by atoms with van der Waals surface area (Å²) in [5.74, 6) is 3.34. The molecule has 0 saturated heterocycles. The minimum atomic E-state index is -0.302. The molecule has 10 atom stereocenters. The van der Waals surface area contributed by atoms with Crippen molar-refractivity contribution in [3.63, 3.8) is 0 Å². The number of imidazole rings is 1. The molecule has 0 bridgehead atoms. The SMILES string of the molecule is C=C(C)[C@@H]1CC[C@]2(COC(=O)n3ccnc3C)CC[C@]3(C)[C@H](CC[C@@H]4[C@@]5(C)CC[C@H](OC(C)=O)C(C)(C)[C@@H]5CC[C@]43C)[C@@H]12. The van der Waals surface area contributed by atoms with Crippen LogP contribution in [0.4, 0.5) is 4.79 Å². The summed E-state index contributed by atoms with van der Waals surface area (Å²) >= 11 is 0. The molecule has 0 N–H and O–H groups in total. The van der Waals surface area contributed by atoms with Gasteiger partial charge in [0.2, 0.25) is 0 Å². The molecule has 238 valence electrons. The molecule has 0 aliphatic heterocycles. The van der Waals surface area contributed by atoms with E-state index in [0.717, 1.165) is 32.1 Å². The number of allylic oxidation sites excluding steroid dienone is 1. The first-order valence-corrected chi connectivity index (χ1v) is 17.1. The van der Waals surface area contributed by atoms with E-state index in [4.69, 9.17) is 9.47 Å². The van der Waals surface area contributed by atoms with Crippen molar-refractivity contribution in [2.45, 2.75) is 126 Å². The molecular weight excluding hydrogens is 536 g/mol. The van der Waals surface area contributed by atoms with Gasteiger partial charge < -0.3 is 9.47 Å². The van der Waals surface area contributed by atoms with Crippen LogP contribution in [0.3, 0.4) is 0 Å². The number of nitrogens with zero attached hydrogens (tertiary/aromatic N) is 2. The first-order valence-electron chi connectivity index (χ1n) is 17.1. The van der Waals surface area contributed by atoms with Gasteiger partial charge >= 0.3 is 12.1 Å². The van der Waals surface area contributed by atoms with E-state index in [1.165, 1.54) is 42.2 Å². The van der Waals surface area contributed by atoms with Crippen LogP contribution in [0, 0.1) is 63.6 Å². The lowest BCUT2D eigenvalue weighted by molar-refractivity contribution is -0.251. The van der Waals surface area contributed by atoms with Crippen LogP contribution in [-0.4, -0.2) is 34.3 Å². The zero-order valence-corrected chi connectivity index (χ0v) is 28.1. The van der Waals surface area contributed by atoms with Crippen molar-refractivity contribution in [1.82, 2.24) is 9.55 Å². The van der Waals surface area contributed by atoms with Crippen LogP contribution in [0.15, 0.2) is 24.5 Å². The van der Waals surface area contributed by atoms with E-state index in [1.807, 2.05) is 6.92 Å². The van der Waals surface area contributed by atoms with Gasteiger partial charge in [-0.1, -0.05) is 46.8 Å². The van der Waals surface area contributed by atoms with Gasteiger partial charge in [0.25, 0.3) is 0 Å². The number of aryl methyl sites for hydroxylation is 1. The third kappa shape index (κ3) is 4.34. The van der Waals surface area contributed by atoms with Crippen LogP contribution in [0.2, 0.25) is 0 Å². The predicted octanol–water partition coefficient (Wildman–Crippen LogP) is 8.77. The number of carbonyl (C=O) groups is 2. The Morgan fingerprint density at radius 2 is 1.67 bits per heavy atom. The molecule has 0 aromatic carbocycles. The highest BCUT2D eigenvalue weighted by Gasteiger charge is 2.71. The standard InChI is InChI=1S/C37H56N2O4/c1-23(2)26-12-17-37(22-42-32(41)39-21-20-38-24(39)3)19-18-35(8)27(31(26)37)10-11-29-34(7)15-14-30(43-25(4)40)33(5,6)28(34)13-16-36(29,35)9/h20-21,26-31H,1,10-19,22H2,2-9H3/t26-,27+,28-,29+,30-,31+,34-,35+,36+,37+/m0/s1. The maximum Gasteiger partial charge on any atom is 0.419 e. The Morgan fingerprint density at radius 3 is 2.33 bits per heavy atom. The molecule has 0 spiro atoms. The molecule has 5 aliphatic carbocycles. The second-order valence-electron chi connectivity index (χ2n) is 16.9. The molecule has 5 aliphatic rings. The normalized spacial score (nSPS) is 44.7. The lowest BCUT2D eigenvalue weighted by atomic mass is 9.32. The number of rotatable bonds is 4. The smallest absolute Gasteiger partial charge is 0.419 e. The van der Waals surface area contributed by atoms with Crippen molar-refractivity contribution in [2.75, 3.05) is 6.61 Å². The Bertz CT molecular complexity index is 1300. The fraction of sp³-hybridized carbons (Fsp3) is 0.811. The van der Waals surface area contributed by atoms with E-state index in [2.05, 4.69) is 53.1 Å². The minimum Gasteiger partial charge on any atom is -0.462 e. The summed E-state index contributed by atoms with van der Waals surface area (Å²) in [6.07, 6.45) is 14.7. The van der Waals surface area contributed by atoms with Crippen molar-refractivity contribution in [1.29, 1.82) is 0 Å². The highest BCUT2D eigenvalue weighted by Crippen LogP contribution is 2.77. The predicted molar refractivity (Wildman–Crippen MR) is 168 cm³/mol. The van der Waals surface area contributed by atoms with Crippen LogP contribution in [-0.2, 0) is 14.3 Å². The highest BCUT2D eigenvalue weighted by molar-refractivity contribution is 5.71. The van der Waals surface area contributed by atoms with Crippen LogP contribution >= 0.6 is 0 Å². The third-order valence-electron chi connectivity index (χ3n) is 15.0. The van der Waals surface area contributed by atoms with Gasteiger partial charge in [-0.15, -0.1) is 0 Å². The first kappa shape index (κ1) is 30.9. The van der Waals surface area contributed by atoms with Crippen LogP contribution < -0.4 is 0 Å². The van der Waals surface area contributed by atoms with E-state index in [0.29, 0.717) is 42.0 Å². The minimum absolute atomic E-state index is 0.0123. The van der Waals surface area contributed by atoms with Gasteiger partial charge in [-0.3, -0.25) is 4.79 Å². The average Bonchev–Trinajstić information content (AvgIpc) is 3.53. The van der Waals surface area contributed by atoms with Crippen LogP contribution in [0.25, 0.3) is 0 Å². The van der Waals surface area contributed by atoms with Crippen LogP contribution in [0.1, 0.15) is 118 Å². The Balaban J connectivity index is 1.30. The Kier molecular flexibility index (Phi) is 7.33. The van der Waals surface area contributed by atoms with E-state index < -0.39 is 0 Å². The summed E-state index contributed by atoms with van der Waals surface area (Å²) in [5.41, 5.74) is 2.04. The van der Waals surface area contributed by atoms with Gasteiger partial charge in [0.1, 0.15) is 11.9 Å². The monoisotopic (exact) mass is 592 g/mol. The number of fused-ring (bicyclic) bond motifs is 7. The summed E-state index contributed by atoms with van der Waals surface area (Å²) in [6, 6.07) is 0. The van der Waals surface area contributed by atoms with Gasteiger partial charge in [0.15, 0.2) is 0 Å². The number of ether oxygens (including phenoxy) is 2. The van der Waals surface area contributed by atoms with E-state index >= 15 is 0 Å². The summed E-state index contributed by atoms with van der Waals surface area (Å²) in [4.78, 5) is 29.4. The molecule has 0 unspecified atom stereocenters. The number of carbonyl (C=O) groups excluding carboxylic acids is 2. The second kappa shape index (κ2) is 10.2. The van der Waals surface area contributed by atoms with Gasteiger partial charge in [0.05, 0.1) is 6.61 Å². The molecule has 1 heterocycles. The maximum absolute atomic E-state index is 13.1. The van der Waals surface area contributed by atoms with Crippen molar-refractivity contribution in [3.05, 3.63) is 30.4 Å². The fourth-order valence-electron chi connectivity index (χ4n) is 12.8. The van der Waals surface area contributed by atoms with Gasteiger partial charge in [-0.2, -0.15) is 0 Å². The number of esters is 1. The van der Waals surface area contributed by atoms with E-state index in [9.17, 15) is 9.59 Å². The topological polar surface area (TPSA) is 70.4 Å². The number of aromatic nitrogens is 2. The third-order valence-corrected chi connectivity index (χ3v) is 15.0. The molecule has 6 nitrogen and oxygen atoms in total. The molecule has 1 aromatic heterocycles. The van der Waals surface area contributed by atoms with Gasteiger partial charge in [-0.25, -0.2) is 14.3 Å². The molecule has 6 heteroatoms. The van der Waals surface area contributed by atoms with Crippen molar-refractivity contribution in [2.24, 2.45) is 56.7 Å². The Morgan fingerprint density at radius 1 is 0.930 bits per heavy atom. The van der Waals surface area contributed by atoms with E-state index in [1.54, 1.807) is 19.3 Å². The molecule has 1 aromatic rings. The second-order valence-corrected chi connectivity index (χ2v) is 16.9. The summed E-state index contributed by atoms with van der Waals surface area (Å²) in [6.45, 7) is 23.3. The molecule has 5 fully saturated rings. The fourth-order valence-corrected chi connectivity index (χ4v) is 12.8. The van der Waals surface area contributed by atoms with Gasteiger partial charge in [-0.05, 0) is 124 Å².